The molecule has 6 aromatic rings. The molecule has 20 N–H and O–H groups in total. The third-order valence-electron chi connectivity index (χ3n) is 13.8. The first-order valence-electron chi connectivity index (χ1n) is 25.6. The Kier molecular flexibility index (Phi) is 19.7. The highest BCUT2D eigenvalue weighted by molar-refractivity contribution is 7.71. The predicted octanol–water partition coefficient (Wildman–Crippen LogP) is -10.9. The van der Waals surface area contributed by atoms with Crippen molar-refractivity contribution < 1.29 is 139 Å². The molecule has 0 amide bonds. The van der Waals surface area contributed by atoms with E-state index in [0.717, 1.165) is 50.9 Å². The molecule has 10 rings (SSSR count). The molecule has 52 heteroatoms. The highest BCUT2D eigenvalue weighted by Gasteiger charge is 2.58. The molecule has 21 atom stereocenters. The number of anilines is 4. The molecule has 0 aliphatic carbocycles. The van der Waals surface area contributed by atoms with Crippen molar-refractivity contribution in [2.24, 2.45) is 7.05 Å². The molecule has 0 aromatic carbocycles. The molecule has 4 saturated heterocycles. The number of aliphatic hydroxyl groups excluding tert-OH is 6. The van der Waals surface area contributed by atoms with Gasteiger partial charge in [0.1, 0.15) is 104 Å². The summed E-state index contributed by atoms with van der Waals surface area (Å²) >= 11 is 0. The number of nitrogens with one attached hydrogen (secondary N) is 1. The molecule has 10 heterocycles. The average Bonchev–Trinajstić information content (AvgIpc) is 1.63. The van der Waals surface area contributed by atoms with Crippen molar-refractivity contribution in [2.45, 2.75) is 98.2 Å². The first kappa shape index (κ1) is 68.6. The molecule has 91 heavy (non-hydrogen) atoms. The standard InChI is InChI=1S/C39H53N16O31P5/c1-51-12-55(31-20(51)32(62)50-37(43)49-31)34-24(59)22(57)14(80-34)7-77-89(69,70)85-91(73,74)86-90(71,72)78-9-16-28(26(61)36(82-16)54-11-46-19-29(42)44-10-45-30(19)54)84-88(67,68)76-8-15-27(25(60)35(81-15)53-5-3-18(41)48-39(53)64)83-87(65,66)75-6-13-21(56)23(58)33(79-13)52-4-2-17(40)47-38(52)63/h2-5,10-16,21-28,33-36,56-61H,6-9H2,1H3,(H13-,40,41,42,43,44,45,47,48,49,50,62,63,64,65,66,67,68,69,70,71,72,73,74)/p+1/t13-,14-,15-,16-,21-,22-,23-,24-,25-,26-,27-,28-,33-,34-,35-,36-/m1/s1. The second-order valence-corrected chi connectivity index (χ2v) is 27.4. The van der Waals surface area contributed by atoms with Crippen molar-refractivity contribution in [3.63, 3.8) is 0 Å². The van der Waals surface area contributed by atoms with Crippen molar-refractivity contribution in [2.75, 3.05) is 49.4 Å². The monoisotopic (exact) mass is 1400 g/mol. The summed E-state index contributed by atoms with van der Waals surface area (Å²) in [5, 5.41) is 66.1. The van der Waals surface area contributed by atoms with E-state index in [1.54, 1.807) is 0 Å². The number of hydrogen-bond acceptors (Lipinski definition) is 40. The Hall–Kier alpha value is -5.27. The summed E-state index contributed by atoms with van der Waals surface area (Å²) in [7, 11) is -28.4. The number of aromatic amines is 1. The van der Waals surface area contributed by atoms with Gasteiger partial charge in [-0.2, -0.15) is 52.2 Å². The highest BCUT2D eigenvalue weighted by Crippen LogP contribution is 2.71. The summed E-state index contributed by atoms with van der Waals surface area (Å²) in [4.78, 5) is 170. The van der Waals surface area contributed by atoms with Crippen LogP contribution in [0.5, 0.6) is 0 Å². The normalized spacial score (nSPS) is 32.0. The largest absolute Gasteiger partial charge is 0.606 e. The lowest BCUT2D eigenvalue weighted by atomic mass is 10.1. The van der Waals surface area contributed by atoms with Crippen molar-refractivity contribution in [3.8, 4) is 0 Å². The molecule has 4 aliphatic heterocycles. The van der Waals surface area contributed by atoms with Gasteiger partial charge in [0, 0.05) is 16.7 Å². The number of nitrogens with two attached hydrogens (primary N) is 4. The van der Waals surface area contributed by atoms with E-state index in [-0.39, 0.29) is 45.7 Å². The molecule has 0 bridgehead atoms. The van der Waals surface area contributed by atoms with Crippen LogP contribution < -0.4 is 64.0 Å². The van der Waals surface area contributed by atoms with Crippen LogP contribution in [0.25, 0.3) is 22.3 Å². The summed E-state index contributed by atoms with van der Waals surface area (Å²) in [5.41, 5.74) is 19.3. The lowest BCUT2D eigenvalue weighted by molar-refractivity contribution is -0.745. The van der Waals surface area contributed by atoms with E-state index < -0.39 is 182 Å². The van der Waals surface area contributed by atoms with Crippen LogP contribution in [0.1, 0.15) is 24.9 Å². The van der Waals surface area contributed by atoms with Crippen LogP contribution >= 0.6 is 40.5 Å². The smallest absolute Gasteiger partial charge is 0.511 e. The average molecular weight is 1400 g/mol. The summed E-state index contributed by atoms with van der Waals surface area (Å²) in [6, 6.07) is 2.23. The third-order valence-corrected chi connectivity index (χ3v) is 20.0. The maximum Gasteiger partial charge on any atom is 0.511 e. The SMILES string of the molecule is Cn1c[n+]([C@@H]2O[C@H](COP(=O)(O)O[P+]([O-])(O)O[P+]([O-])(O)OC[C@H]3O[C@@H](n4cnc5c(N)ncnc54)[C@H](O)[C@@H]3O[P+]([O-])(O)OC[C@H]3O[C@@H](n4ccc(N)nc4=O)[C@H](O)[C@@H]3O[P+]([O-])(O)OC[C@H]3O[C@@H](n4ccc(N)nc4=O)[C@H](O)[C@@H]3O)[C@@H](O)[C@H]2O)c2nc(N)[nH]c(=O)c21. The van der Waals surface area contributed by atoms with Gasteiger partial charge in [-0.25, -0.2) is 33.7 Å². The lowest BCUT2D eigenvalue weighted by Crippen LogP contribution is -2.46. The fraction of sp³-hybridized carbons (Fsp3) is 0.538. The van der Waals surface area contributed by atoms with Crippen LogP contribution in [0.3, 0.4) is 0 Å². The Labute approximate surface area is 506 Å². The summed E-state index contributed by atoms with van der Waals surface area (Å²) in [6.07, 6.45) is -25.9. The van der Waals surface area contributed by atoms with Crippen LogP contribution in [0.15, 0.2) is 57.9 Å². The zero-order valence-electron chi connectivity index (χ0n) is 45.7. The fourth-order valence-electron chi connectivity index (χ4n) is 9.73. The topological polar surface area (TPSA) is 715 Å². The molecule has 47 nitrogen and oxygen atoms in total. The van der Waals surface area contributed by atoms with Gasteiger partial charge in [0.05, 0.1) is 20.0 Å². The van der Waals surface area contributed by atoms with Gasteiger partial charge in [0.2, 0.25) is 11.7 Å². The van der Waals surface area contributed by atoms with Gasteiger partial charge in [-0.15, -0.1) is 0 Å². The van der Waals surface area contributed by atoms with Crippen molar-refractivity contribution in [1.82, 2.24) is 53.2 Å². The number of aromatic nitrogens is 12. The maximum absolute atomic E-state index is 14.0. The van der Waals surface area contributed by atoms with Crippen LogP contribution in [0.2, 0.25) is 0 Å². The van der Waals surface area contributed by atoms with Gasteiger partial charge in [-0.3, -0.25) is 32.6 Å². The van der Waals surface area contributed by atoms with Crippen LogP contribution in [-0.2, 0) is 66.3 Å². The van der Waals surface area contributed by atoms with Gasteiger partial charge in [-0.05, 0) is 12.1 Å². The number of hydrogen-bond donors (Lipinski definition) is 16. The number of imidazole rings is 2. The van der Waals surface area contributed by atoms with Crippen molar-refractivity contribution >= 4 is 86.2 Å². The second kappa shape index (κ2) is 26.1. The number of aryl methyl sites for hydroxylation is 1. The van der Waals surface area contributed by atoms with Gasteiger partial charge in [0.15, 0.2) is 48.7 Å². The van der Waals surface area contributed by atoms with E-state index in [4.69, 9.17) is 64.5 Å². The third kappa shape index (κ3) is 14.8. The molecule has 6 aromatic heterocycles. The first-order chi connectivity index (χ1) is 42.5. The molecule has 5 unspecified atom stereocenters. The first-order valence-corrected chi connectivity index (χ1v) is 33.1. The minimum atomic E-state index is -6.33. The van der Waals surface area contributed by atoms with Crippen molar-refractivity contribution in [1.29, 1.82) is 0 Å². The Morgan fingerprint density at radius 3 is 1.73 bits per heavy atom. The molecular weight excluding hydrogens is 1340 g/mol. The van der Waals surface area contributed by atoms with E-state index in [1.807, 2.05) is 0 Å². The van der Waals surface area contributed by atoms with E-state index in [1.165, 1.54) is 17.9 Å². The second-order valence-electron chi connectivity index (χ2n) is 20.0. The quantitative estimate of drug-likeness (QED) is 0.0198. The van der Waals surface area contributed by atoms with Crippen LogP contribution in [0, 0.1) is 0 Å². The van der Waals surface area contributed by atoms with Crippen LogP contribution in [0.4, 0.5) is 23.4 Å². The van der Waals surface area contributed by atoms with Crippen LogP contribution in [-0.4, -0.2) is 208 Å². The zero-order valence-corrected chi connectivity index (χ0v) is 50.1. The number of phosphoric ester groups is 4. The fourth-order valence-corrected chi connectivity index (χ4v) is 15.2. The van der Waals surface area contributed by atoms with E-state index in [9.17, 15) is 93.6 Å². The lowest BCUT2D eigenvalue weighted by Gasteiger charge is -2.29. The number of nitrogens with zero attached hydrogens (tertiary/aromatic N) is 11. The van der Waals surface area contributed by atoms with Crippen molar-refractivity contribution in [3.05, 3.63) is 74.8 Å². The molecule has 0 saturated carbocycles. The van der Waals surface area contributed by atoms with Gasteiger partial charge in [-0.1, -0.05) is 9.29 Å². The predicted molar refractivity (Wildman–Crippen MR) is 285 cm³/mol. The minimum absolute atomic E-state index is 0.0589. The Bertz CT molecular complexity index is 3870. The van der Waals surface area contributed by atoms with E-state index >= 15 is 0 Å². The molecule has 0 radical (unpaired) electrons. The Morgan fingerprint density at radius 1 is 0.648 bits per heavy atom. The van der Waals surface area contributed by atoms with E-state index in [2.05, 4.69) is 48.0 Å². The number of H-pyrrole nitrogens is 1. The summed E-state index contributed by atoms with van der Waals surface area (Å²) < 4.78 is 78.7. The molecule has 500 valence electrons. The number of nitrogen functional groups attached to an aromatic ring is 4. The maximum atomic E-state index is 14.0. The number of aliphatic hydroxyl groups is 6. The molecule has 4 aliphatic rings. The number of phosphoric acid groups is 5. The molecular formula is C39H54N16O31P5+. The van der Waals surface area contributed by atoms with Gasteiger partial charge in [0.25, 0.3) is 11.5 Å². The zero-order chi connectivity index (χ0) is 66.2. The number of fused-ring (bicyclic) bond motifs is 2. The van der Waals surface area contributed by atoms with Gasteiger partial charge < -0.3 is 97.0 Å². The Balaban J connectivity index is 0.810. The Morgan fingerprint density at radius 2 is 1.15 bits per heavy atom. The summed E-state index contributed by atoms with van der Waals surface area (Å²) in [5.74, 6) is -1.06. The minimum Gasteiger partial charge on any atom is -0.606 e. The number of rotatable bonds is 24. The molecule has 0 spiro atoms. The molecule has 4 fully saturated rings. The van der Waals surface area contributed by atoms with Gasteiger partial charge >= 0.3 is 57.5 Å². The van der Waals surface area contributed by atoms with E-state index in [0.29, 0.717) is 4.57 Å². The number of ether oxygens (including phenoxy) is 4. The highest BCUT2D eigenvalue weighted by atomic mass is 31.3. The summed E-state index contributed by atoms with van der Waals surface area (Å²) in [6.45, 7) is -5.11.